The van der Waals surface area contributed by atoms with E-state index >= 15 is 0 Å². The van der Waals surface area contributed by atoms with Gasteiger partial charge in [0.1, 0.15) is 0 Å². The fourth-order valence-corrected chi connectivity index (χ4v) is 3.45. The summed E-state index contributed by atoms with van der Waals surface area (Å²) in [6.07, 6.45) is 16.8. The molecule has 0 spiro atoms. The van der Waals surface area contributed by atoms with Crippen LogP contribution >= 0.6 is 0 Å². The number of hydrogen-bond acceptors (Lipinski definition) is 5. The van der Waals surface area contributed by atoms with Gasteiger partial charge in [-0.15, -0.1) is 0 Å². The first-order valence-electron chi connectivity index (χ1n) is 10.2. The first-order chi connectivity index (χ1) is 12.4. The Hall–Kier alpha value is 0.120. The Morgan fingerprint density at radius 2 is 1.15 bits per heavy atom. The molecule has 0 unspecified atom stereocenters. The number of carbonyl (C=O) groups is 1. The summed E-state index contributed by atoms with van der Waals surface area (Å²) in [4.78, 5) is 15.3. The molecule has 0 rings (SSSR count). The quantitative estimate of drug-likeness (QED) is 0.101. The van der Waals surface area contributed by atoms with Crippen LogP contribution in [-0.4, -0.2) is 49.7 Å². The molecular weight excluding hydrogens is 375 g/mol. The second kappa shape index (κ2) is 19.4. The van der Waals surface area contributed by atoms with Gasteiger partial charge in [0.05, 0.1) is 5.75 Å². The van der Waals surface area contributed by atoms with E-state index in [1.807, 2.05) is 0 Å². The van der Waals surface area contributed by atoms with Crippen LogP contribution in [0.4, 0.5) is 0 Å². The van der Waals surface area contributed by atoms with Crippen LogP contribution in [0.1, 0.15) is 104 Å². The summed E-state index contributed by atoms with van der Waals surface area (Å²) in [5.74, 6) is -0.997. The predicted molar refractivity (Wildman–Crippen MR) is 113 cm³/mol. The fraction of sp³-hybridized carbons (Fsp3) is 0.850. The first kappa shape index (κ1) is 29.3. The van der Waals surface area contributed by atoms with E-state index in [1.165, 1.54) is 71.1 Å². The standard InChI is InChI=1S/C20H38O5S.Na.H/c1-4-5-6-7-8-9-10-11-12-13-14-15-16-17-18-26(22,23)25-24-20(21)19(2)3;;/h2,4-18H2,1,3H3;;. The van der Waals surface area contributed by atoms with E-state index in [0.717, 1.165) is 19.3 Å². The maximum atomic E-state index is 11.5. The summed E-state index contributed by atoms with van der Waals surface area (Å²) < 4.78 is 27.3. The molecule has 5 nitrogen and oxygen atoms in total. The molecule has 0 heterocycles. The molecule has 0 bridgehead atoms. The Balaban J connectivity index is 0. The molecular formula is C20H39NaO5S. The number of rotatable bonds is 18. The van der Waals surface area contributed by atoms with Crippen molar-refractivity contribution in [1.29, 1.82) is 0 Å². The molecule has 0 saturated carbocycles. The third-order valence-corrected chi connectivity index (χ3v) is 5.37. The Labute approximate surface area is 189 Å². The van der Waals surface area contributed by atoms with Gasteiger partial charge in [0.2, 0.25) is 0 Å². The second-order valence-corrected chi connectivity index (χ2v) is 8.74. The molecule has 0 aromatic rings. The van der Waals surface area contributed by atoms with Crippen LogP contribution in [0.15, 0.2) is 12.2 Å². The number of carbonyl (C=O) groups excluding carboxylic acids is 1. The van der Waals surface area contributed by atoms with Gasteiger partial charge in [0, 0.05) is 5.57 Å². The van der Waals surface area contributed by atoms with E-state index in [1.54, 1.807) is 0 Å². The summed E-state index contributed by atoms with van der Waals surface area (Å²) in [7, 11) is -3.81. The van der Waals surface area contributed by atoms with E-state index in [4.69, 9.17) is 0 Å². The van der Waals surface area contributed by atoms with Crippen LogP contribution in [0.25, 0.3) is 0 Å². The van der Waals surface area contributed by atoms with Crippen LogP contribution in [0.3, 0.4) is 0 Å². The average molecular weight is 415 g/mol. The van der Waals surface area contributed by atoms with Gasteiger partial charge in [-0.25, -0.2) is 4.79 Å². The molecule has 0 N–H and O–H groups in total. The van der Waals surface area contributed by atoms with E-state index in [-0.39, 0.29) is 40.9 Å². The minimum absolute atomic E-state index is 0. The van der Waals surface area contributed by atoms with Crippen LogP contribution in [0.5, 0.6) is 0 Å². The van der Waals surface area contributed by atoms with Crippen molar-refractivity contribution >= 4 is 45.6 Å². The molecule has 0 radical (unpaired) electrons. The first-order valence-corrected chi connectivity index (χ1v) is 11.8. The van der Waals surface area contributed by atoms with Crippen molar-refractivity contribution in [2.45, 2.75) is 104 Å². The SMILES string of the molecule is C=C(C)C(=O)OOS(=O)(=O)CCCCCCCCCCCCCCCC.[NaH]. The van der Waals surface area contributed by atoms with Crippen LogP contribution < -0.4 is 0 Å². The fourth-order valence-electron chi connectivity index (χ4n) is 2.66. The van der Waals surface area contributed by atoms with Crippen molar-refractivity contribution in [1.82, 2.24) is 0 Å². The van der Waals surface area contributed by atoms with Gasteiger partial charge in [-0.05, 0) is 13.3 Å². The summed E-state index contributed by atoms with van der Waals surface area (Å²) in [6.45, 7) is 7.02. The molecule has 27 heavy (non-hydrogen) atoms. The third-order valence-electron chi connectivity index (χ3n) is 4.31. The molecule has 0 atom stereocenters. The molecule has 0 amide bonds. The molecule has 0 aromatic heterocycles. The molecule has 7 heteroatoms. The Morgan fingerprint density at radius 1 is 0.778 bits per heavy atom. The summed E-state index contributed by atoms with van der Waals surface area (Å²) in [5, 5.41) is 0. The minimum atomic E-state index is -3.81. The molecule has 156 valence electrons. The Bertz CT molecular complexity index is 477. The summed E-state index contributed by atoms with van der Waals surface area (Å²) in [6, 6.07) is 0. The van der Waals surface area contributed by atoms with Crippen molar-refractivity contribution in [3.05, 3.63) is 12.2 Å². The van der Waals surface area contributed by atoms with Gasteiger partial charge in [-0.3, -0.25) is 4.89 Å². The molecule has 0 fully saturated rings. The van der Waals surface area contributed by atoms with Crippen LogP contribution in [0, 0.1) is 0 Å². The van der Waals surface area contributed by atoms with Crippen LogP contribution in [-0.2, 0) is 24.1 Å². The van der Waals surface area contributed by atoms with E-state index in [2.05, 4.69) is 22.7 Å². The zero-order valence-corrected chi connectivity index (χ0v) is 17.6. The zero-order chi connectivity index (χ0) is 19.7. The van der Waals surface area contributed by atoms with Crippen molar-refractivity contribution in [3.63, 3.8) is 0 Å². The Morgan fingerprint density at radius 3 is 1.52 bits per heavy atom. The summed E-state index contributed by atoms with van der Waals surface area (Å²) >= 11 is 0. The normalized spacial score (nSPS) is 11.0. The second-order valence-electron chi connectivity index (χ2n) is 7.08. The number of unbranched alkanes of at least 4 members (excludes halogenated alkanes) is 13. The molecule has 0 aliphatic heterocycles. The summed E-state index contributed by atoms with van der Waals surface area (Å²) in [5.41, 5.74) is 0.0942. The number of hydrogen-bond donors (Lipinski definition) is 0. The van der Waals surface area contributed by atoms with E-state index < -0.39 is 16.1 Å². The van der Waals surface area contributed by atoms with Gasteiger partial charge < -0.3 is 0 Å². The molecule has 0 saturated heterocycles. The van der Waals surface area contributed by atoms with Crippen LogP contribution in [0.2, 0.25) is 0 Å². The van der Waals surface area contributed by atoms with Gasteiger partial charge in [0.15, 0.2) is 0 Å². The van der Waals surface area contributed by atoms with Gasteiger partial charge in [-0.1, -0.05) is 101 Å². The third kappa shape index (κ3) is 20.7. The molecule has 0 aliphatic carbocycles. The average Bonchev–Trinajstić information content (AvgIpc) is 2.60. The van der Waals surface area contributed by atoms with Crippen molar-refractivity contribution in [2.75, 3.05) is 5.75 Å². The van der Waals surface area contributed by atoms with Crippen molar-refractivity contribution < 1.29 is 22.4 Å². The van der Waals surface area contributed by atoms with E-state index in [0.29, 0.717) is 6.42 Å². The Kier molecular flexibility index (Phi) is 21.1. The predicted octanol–water partition coefficient (Wildman–Crippen LogP) is 5.20. The maximum absolute atomic E-state index is 11.5. The monoisotopic (exact) mass is 414 g/mol. The van der Waals surface area contributed by atoms with Crippen molar-refractivity contribution in [3.8, 4) is 0 Å². The van der Waals surface area contributed by atoms with E-state index in [9.17, 15) is 13.2 Å². The zero-order valence-electron chi connectivity index (χ0n) is 16.8. The molecule has 0 aromatic carbocycles. The van der Waals surface area contributed by atoms with Crippen molar-refractivity contribution in [2.24, 2.45) is 0 Å². The molecule has 0 aliphatic rings. The van der Waals surface area contributed by atoms with Gasteiger partial charge in [0.25, 0.3) is 0 Å². The van der Waals surface area contributed by atoms with Gasteiger partial charge in [-0.2, -0.15) is 8.42 Å². The van der Waals surface area contributed by atoms with Gasteiger partial charge >= 0.3 is 45.6 Å². The topological polar surface area (TPSA) is 69.7 Å².